The van der Waals surface area contributed by atoms with E-state index in [4.69, 9.17) is 4.74 Å². The van der Waals surface area contributed by atoms with Crippen LogP contribution in [0.2, 0.25) is 0 Å². The van der Waals surface area contributed by atoms with Crippen molar-refractivity contribution >= 4 is 23.4 Å². The summed E-state index contributed by atoms with van der Waals surface area (Å²) in [6.45, 7) is 3.84. The van der Waals surface area contributed by atoms with Gasteiger partial charge in [0, 0.05) is 11.9 Å². The Morgan fingerprint density at radius 3 is 2.40 bits per heavy atom. The Balaban J connectivity index is 1.84. The SMILES string of the molecule is CC(C)Oc1ccc(NC(=O)CSc2ccc(C(F)(F)F)cn2)cc1. The molecular weight excluding hydrogens is 353 g/mol. The highest BCUT2D eigenvalue weighted by molar-refractivity contribution is 7.99. The molecule has 0 atom stereocenters. The molecule has 0 aliphatic heterocycles. The minimum absolute atomic E-state index is 0.0443. The molecule has 0 fully saturated rings. The third-order valence-electron chi connectivity index (χ3n) is 2.92. The molecule has 4 nitrogen and oxygen atoms in total. The number of rotatable bonds is 6. The number of ether oxygens (including phenoxy) is 1. The van der Waals surface area contributed by atoms with E-state index in [1.54, 1.807) is 24.3 Å². The first-order valence-electron chi connectivity index (χ1n) is 7.46. The molecule has 2 aromatic rings. The molecule has 1 N–H and O–H groups in total. The van der Waals surface area contributed by atoms with Crippen molar-refractivity contribution in [1.82, 2.24) is 4.98 Å². The van der Waals surface area contributed by atoms with Crippen molar-refractivity contribution in [3.8, 4) is 5.75 Å². The highest BCUT2D eigenvalue weighted by atomic mass is 32.2. The molecule has 0 radical (unpaired) electrons. The number of alkyl halides is 3. The lowest BCUT2D eigenvalue weighted by atomic mass is 10.3. The Hall–Kier alpha value is -2.22. The summed E-state index contributed by atoms with van der Waals surface area (Å²) in [6.07, 6.45) is -3.60. The van der Waals surface area contributed by atoms with Gasteiger partial charge < -0.3 is 10.1 Å². The zero-order valence-corrected chi connectivity index (χ0v) is 14.4. The molecule has 0 aliphatic rings. The molecular formula is C17H17F3N2O2S. The van der Waals surface area contributed by atoms with E-state index in [0.717, 1.165) is 24.0 Å². The maximum atomic E-state index is 12.5. The van der Waals surface area contributed by atoms with Gasteiger partial charge in [-0.05, 0) is 50.2 Å². The molecule has 134 valence electrons. The van der Waals surface area contributed by atoms with Crippen molar-refractivity contribution in [2.45, 2.75) is 31.2 Å². The number of carbonyl (C=O) groups is 1. The van der Waals surface area contributed by atoms with Gasteiger partial charge in [-0.2, -0.15) is 13.2 Å². The van der Waals surface area contributed by atoms with Gasteiger partial charge in [-0.1, -0.05) is 11.8 Å². The Kier molecular flexibility index (Phi) is 6.30. The second kappa shape index (κ2) is 8.24. The van der Waals surface area contributed by atoms with E-state index in [2.05, 4.69) is 10.3 Å². The number of carbonyl (C=O) groups excluding carboxylic acids is 1. The number of hydrogen-bond donors (Lipinski definition) is 1. The minimum Gasteiger partial charge on any atom is -0.491 e. The number of benzene rings is 1. The Labute approximate surface area is 147 Å². The highest BCUT2D eigenvalue weighted by Crippen LogP contribution is 2.29. The van der Waals surface area contributed by atoms with Crippen LogP contribution in [-0.2, 0) is 11.0 Å². The van der Waals surface area contributed by atoms with Crippen LogP contribution in [0.5, 0.6) is 5.75 Å². The summed E-state index contributed by atoms with van der Waals surface area (Å²) in [6, 6.07) is 9.13. The molecule has 8 heteroatoms. The van der Waals surface area contributed by atoms with Crippen LogP contribution in [0.3, 0.4) is 0 Å². The second-order valence-corrected chi connectivity index (χ2v) is 6.41. The molecule has 25 heavy (non-hydrogen) atoms. The quantitative estimate of drug-likeness (QED) is 0.754. The van der Waals surface area contributed by atoms with Crippen molar-refractivity contribution in [2.24, 2.45) is 0 Å². The minimum atomic E-state index is -4.42. The van der Waals surface area contributed by atoms with Crippen LogP contribution in [0.15, 0.2) is 47.6 Å². The number of hydrogen-bond acceptors (Lipinski definition) is 4. The molecule has 1 aromatic carbocycles. The second-order valence-electron chi connectivity index (χ2n) is 5.41. The molecule has 1 heterocycles. The number of anilines is 1. The zero-order chi connectivity index (χ0) is 18.4. The van der Waals surface area contributed by atoms with Crippen LogP contribution >= 0.6 is 11.8 Å². The van der Waals surface area contributed by atoms with Gasteiger partial charge in [0.1, 0.15) is 5.75 Å². The van der Waals surface area contributed by atoms with Crippen molar-refractivity contribution in [1.29, 1.82) is 0 Å². The first-order valence-corrected chi connectivity index (χ1v) is 8.45. The average molecular weight is 370 g/mol. The standard InChI is InChI=1S/C17H17F3N2O2S/c1-11(2)24-14-6-4-13(5-7-14)22-15(23)10-25-16-8-3-12(9-21-16)17(18,19)20/h3-9,11H,10H2,1-2H3,(H,22,23). The molecule has 0 spiro atoms. The predicted octanol–water partition coefficient (Wildman–Crippen LogP) is 4.62. The van der Waals surface area contributed by atoms with E-state index in [9.17, 15) is 18.0 Å². The smallest absolute Gasteiger partial charge is 0.417 e. The summed E-state index contributed by atoms with van der Waals surface area (Å²) in [4.78, 5) is 15.6. The van der Waals surface area contributed by atoms with E-state index in [1.165, 1.54) is 6.07 Å². The zero-order valence-electron chi connectivity index (χ0n) is 13.6. The summed E-state index contributed by atoms with van der Waals surface area (Å²) in [5.74, 6) is 0.475. The lowest BCUT2D eigenvalue weighted by Gasteiger charge is -2.10. The lowest BCUT2D eigenvalue weighted by molar-refractivity contribution is -0.137. The molecule has 1 aromatic heterocycles. The largest absolute Gasteiger partial charge is 0.491 e. The van der Waals surface area contributed by atoms with Gasteiger partial charge in [0.25, 0.3) is 0 Å². The average Bonchev–Trinajstić information content (AvgIpc) is 2.54. The van der Waals surface area contributed by atoms with Crippen LogP contribution in [0, 0.1) is 0 Å². The number of nitrogens with zero attached hydrogens (tertiary/aromatic N) is 1. The molecule has 2 rings (SSSR count). The third kappa shape index (κ3) is 6.30. The van der Waals surface area contributed by atoms with Gasteiger partial charge in [-0.3, -0.25) is 4.79 Å². The Bertz CT molecular complexity index is 701. The van der Waals surface area contributed by atoms with Crippen molar-refractivity contribution in [3.05, 3.63) is 48.2 Å². The van der Waals surface area contributed by atoms with Gasteiger partial charge in [0.05, 0.1) is 22.4 Å². The number of pyridine rings is 1. The van der Waals surface area contributed by atoms with E-state index >= 15 is 0 Å². The number of halogens is 3. The summed E-state index contributed by atoms with van der Waals surface area (Å²) in [5, 5.41) is 3.06. The maximum absolute atomic E-state index is 12.5. The summed E-state index contributed by atoms with van der Waals surface area (Å²) in [5.41, 5.74) is -0.202. The maximum Gasteiger partial charge on any atom is 0.417 e. The predicted molar refractivity (Wildman–Crippen MR) is 90.8 cm³/mol. The van der Waals surface area contributed by atoms with E-state index < -0.39 is 11.7 Å². The van der Waals surface area contributed by atoms with Crippen LogP contribution in [0.25, 0.3) is 0 Å². The first-order chi connectivity index (χ1) is 11.7. The molecule has 0 aliphatic carbocycles. The van der Waals surface area contributed by atoms with E-state index in [1.807, 2.05) is 13.8 Å². The fourth-order valence-corrected chi connectivity index (χ4v) is 2.50. The Morgan fingerprint density at radius 1 is 1.20 bits per heavy atom. The van der Waals surface area contributed by atoms with E-state index in [-0.39, 0.29) is 17.8 Å². The van der Waals surface area contributed by atoms with Crippen LogP contribution < -0.4 is 10.1 Å². The summed E-state index contributed by atoms with van der Waals surface area (Å²) in [7, 11) is 0. The fraction of sp³-hybridized carbons (Fsp3) is 0.294. The third-order valence-corrected chi connectivity index (χ3v) is 3.87. The summed E-state index contributed by atoms with van der Waals surface area (Å²) < 4.78 is 42.9. The van der Waals surface area contributed by atoms with Gasteiger partial charge in [0.2, 0.25) is 5.91 Å². The van der Waals surface area contributed by atoms with Gasteiger partial charge in [-0.25, -0.2) is 4.98 Å². The summed E-state index contributed by atoms with van der Waals surface area (Å²) >= 11 is 1.06. The van der Waals surface area contributed by atoms with Crippen LogP contribution in [-0.4, -0.2) is 22.7 Å². The topological polar surface area (TPSA) is 51.2 Å². The van der Waals surface area contributed by atoms with Crippen molar-refractivity contribution in [2.75, 3.05) is 11.1 Å². The number of aromatic nitrogens is 1. The molecule has 0 saturated carbocycles. The first kappa shape index (κ1) is 19.1. The molecule has 0 bridgehead atoms. The van der Waals surface area contributed by atoms with Gasteiger partial charge in [-0.15, -0.1) is 0 Å². The van der Waals surface area contributed by atoms with Crippen LogP contribution in [0.1, 0.15) is 19.4 Å². The molecule has 1 amide bonds. The lowest BCUT2D eigenvalue weighted by Crippen LogP contribution is -2.14. The number of thioether (sulfide) groups is 1. The fourth-order valence-electron chi connectivity index (χ4n) is 1.86. The van der Waals surface area contributed by atoms with Crippen LogP contribution in [0.4, 0.5) is 18.9 Å². The highest BCUT2D eigenvalue weighted by Gasteiger charge is 2.30. The Morgan fingerprint density at radius 2 is 1.88 bits per heavy atom. The van der Waals surface area contributed by atoms with Crippen molar-refractivity contribution < 1.29 is 22.7 Å². The normalized spacial score (nSPS) is 11.4. The monoisotopic (exact) mass is 370 g/mol. The molecule has 0 unspecified atom stereocenters. The van der Waals surface area contributed by atoms with Crippen molar-refractivity contribution in [3.63, 3.8) is 0 Å². The molecule has 0 saturated heterocycles. The van der Waals surface area contributed by atoms with Gasteiger partial charge >= 0.3 is 6.18 Å². The van der Waals surface area contributed by atoms with E-state index in [0.29, 0.717) is 16.5 Å². The van der Waals surface area contributed by atoms with Gasteiger partial charge in [0.15, 0.2) is 0 Å². The number of amides is 1. The number of nitrogens with one attached hydrogen (secondary N) is 1.